The molecule has 4 nitrogen and oxygen atoms in total. The standard InChI is InChI=1S/C17H24N4/c1-13(17-12-20(2)10-11-21(17)3)19-16-8-9-18-15-7-5-4-6-14(15)16/h4-9,13,17H,10-12H2,1-3H3,(H,18,19). The summed E-state index contributed by atoms with van der Waals surface area (Å²) >= 11 is 0. The molecule has 2 aromatic rings. The fraction of sp³-hybridized carbons (Fsp3) is 0.471. The first-order valence-electron chi connectivity index (χ1n) is 7.64. The van der Waals surface area contributed by atoms with Crippen molar-refractivity contribution in [1.29, 1.82) is 0 Å². The molecule has 0 spiro atoms. The second kappa shape index (κ2) is 6.00. The fourth-order valence-corrected chi connectivity index (χ4v) is 3.15. The summed E-state index contributed by atoms with van der Waals surface area (Å²) in [5, 5.41) is 4.89. The molecule has 1 aliphatic rings. The third-order valence-electron chi connectivity index (χ3n) is 4.51. The monoisotopic (exact) mass is 284 g/mol. The van der Waals surface area contributed by atoms with Crippen LogP contribution in [-0.4, -0.2) is 60.6 Å². The van der Waals surface area contributed by atoms with Gasteiger partial charge in [-0.05, 0) is 33.2 Å². The molecule has 0 radical (unpaired) electrons. The van der Waals surface area contributed by atoms with Gasteiger partial charge in [0.2, 0.25) is 0 Å². The number of likely N-dealkylation sites (N-methyl/N-ethyl adjacent to an activating group) is 2. The summed E-state index contributed by atoms with van der Waals surface area (Å²) in [7, 11) is 4.43. The Kier molecular flexibility index (Phi) is 4.08. The molecule has 1 saturated heterocycles. The van der Waals surface area contributed by atoms with Crippen LogP contribution in [0.1, 0.15) is 6.92 Å². The Hall–Kier alpha value is -1.65. The minimum Gasteiger partial charge on any atom is -0.380 e. The lowest BCUT2D eigenvalue weighted by Crippen LogP contribution is -2.56. The average Bonchev–Trinajstić information content (AvgIpc) is 2.50. The minimum absolute atomic E-state index is 0.392. The van der Waals surface area contributed by atoms with Crippen LogP contribution in [0.25, 0.3) is 10.9 Å². The van der Waals surface area contributed by atoms with Crippen LogP contribution < -0.4 is 5.32 Å². The van der Waals surface area contributed by atoms with Crippen molar-refractivity contribution in [3.63, 3.8) is 0 Å². The molecule has 0 saturated carbocycles. The molecule has 1 aromatic heterocycles. The SMILES string of the molecule is CC(Nc1ccnc2ccccc12)C1CN(C)CCN1C. The summed E-state index contributed by atoms with van der Waals surface area (Å²) < 4.78 is 0. The maximum Gasteiger partial charge on any atom is 0.0722 e. The number of fused-ring (bicyclic) bond motifs is 1. The number of rotatable bonds is 3. The number of benzene rings is 1. The van der Waals surface area contributed by atoms with Crippen LogP contribution >= 0.6 is 0 Å². The van der Waals surface area contributed by atoms with Crippen molar-refractivity contribution in [3.8, 4) is 0 Å². The lowest BCUT2D eigenvalue weighted by Gasteiger charge is -2.41. The van der Waals surface area contributed by atoms with E-state index in [9.17, 15) is 0 Å². The summed E-state index contributed by atoms with van der Waals surface area (Å²) in [5.41, 5.74) is 2.22. The maximum absolute atomic E-state index is 4.43. The number of hydrogen-bond donors (Lipinski definition) is 1. The topological polar surface area (TPSA) is 31.4 Å². The van der Waals surface area contributed by atoms with E-state index in [1.54, 1.807) is 0 Å². The Balaban J connectivity index is 1.81. The van der Waals surface area contributed by atoms with Crippen molar-refractivity contribution in [2.45, 2.75) is 19.0 Å². The summed E-state index contributed by atoms with van der Waals surface area (Å²) in [5.74, 6) is 0. The van der Waals surface area contributed by atoms with Gasteiger partial charge in [-0.2, -0.15) is 0 Å². The molecule has 0 aliphatic carbocycles. The van der Waals surface area contributed by atoms with Crippen LogP contribution in [0.3, 0.4) is 0 Å². The van der Waals surface area contributed by atoms with Gasteiger partial charge in [0.15, 0.2) is 0 Å². The Bertz CT molecular complexity index is 607. The summed E-state index contributed by atoms with van der Waals surface area (Å²) in [6.45, 7) is 5.66. The van der Waals surface area contributed by atoms with E-state index in [1.807, 2.05) is 12.3 Å². The van der Waals surface area contributed by atoms with Gasteiger partial charge in [0.1, 0.15) is 0 Å². The highest BCUT2D eigenvalue weighted by atomic mass is 15.3. The maximum atomic E-state index is 4.43. The lowest BCUT2D eigenvalue weighted by molar-refractivity contribution is 0.105. The predicted molar refractivity (Wildman–Crippen MR) is 88.7 cm³/mol. The Morgan fingerprint density at radius 1 is 1.19 bits per heavy atom. The first kappa shape index (κ1) is 14.3. The quantitative estimate of drug-likeness (QED) is 0.937. The molecule has 1 aromatic carbocycles. The number of nitrogens with one attached hydrogen (secondary N) is 1. The second-order valence-electron chi connectivity index (χ2n) is 6.12. The number of pyridine rings is 1. The number of anilines is 1. The second-order valence-corrected chi connectivity index (χ2v) is 6.12. The van der Waals surface area contributed by atoms with Gasteiger partial charge in [0.05, 0.1) is 5.52 Å². The zero-order valence-electron chi connectivity index (χ0n) is 13.1. The number of aromatic nitrogens is 1. The lowest BCUT2D eigenvalue weighted by atomic mass is 10.0. The molecule has 112 valence electrons. The zero-order chi connectivity index (χ0) is 14.8. The van der Waals surface area contributed by atoms with Gasteiger partial charge in [-0.3, -0.25) is 9.88 Å². The van der Waals surface area contributed by atoms with Gasteiger partial charge >= 0.3 is 0 Å². The first-order chi connectivity index (χ1) is 10.1. The first-order valence-corrected chi connectivity index (χ1v) is 7.64. The molecule has 21 heavy (non-hydrogen) atoms. The van der Waals surface area contributed by atoms with Gasteiger partial charge < -0.3 is 10.2 Å². The summed E-state index contributed by atoms with van der Waals surface area (Å²) in [6, 6.07) is 11.3. The van der Waals surface area contributed by atoms with Gasteiger partial charge in [-0.15, -0.1) is 0 Å². The van der Waals surface area contributed by atoms with Crippen LogP contribution in [0.5, 0.6) is 0 Å². The van der Waals surface area contributed by atoms with E-state index < -0.39 is 0 Å². The molecule has 3 rings (SSSR count). The number of para-hydroxylation sites is 1. The van der Waals surface area contributed by atoms with E-state index in [0.717, 1.165) is 25.2 Å². The Morgan fingerprint density at radius 2 is 2.00 bits per heavy atom. The molecule has 2 atom stereocenters. The predicted octanol–water partition coefficient (Wildman–Crippen LogP) is 2.28. The molecule has 4 heteroatoms. The van der Waals surface area contributed by atoms with Crippen LogP contribution in [0.4, 0.5) is 5.69 Å². The molecule has 1 aliphatic heterocycles. The van der Waals surface area contributed by atoms with Crippen molar-refractivity contribution in [2.24, 2.45) is 0 Å². The van der Waals surface area contributed by atoms with Crippen molar-refractivity contribution < 1.29 is 0 Å². The van der Waals surface area contributed by atoms with E-state index >= 15 is 0 Å². The molecular formula is C17H24N4. The Morgan fingerprint density at radius 3 is 2.86 bits per heavy atom. The van der Waals surface area contributed by atoms with Crippen molar-refractivity contribution in [3.05, 3.63) is 36.5 Å². The Labute approximate surface area is 126 Å². The molecule has 0 amide bonds. The van der Waals surface area contributed by atoms with E-state index in [1.165, 1.54) is 11.1 Å². The highest BCUT2D eigenvalue weighted by Gasteiger charge is 2.27. The molecule has 1 fully saturated rings. The molecule has 2 unspecified atom stereocenters. The number of piperazine rings is 1. The van der Waals surface area contributed by atoms with Gasteiger partial charge in [0.25, 0.3) is 0 Å². The van der Waals surface area contributed by atoms with Crippen molar-refractivity contribution >= 4 is 16.6 Å². The third-order valence-corrected chi connectivity index (χ3v) is 4.51. The largest absolute Gasteiger partial charge is 0.380 e. The molecular weight excluding hydrogens is 260 g/mol. The third kappa shape index (κ3) is 3.01. The van der Waals surface area contributed by atoms with E-state index in [2.05, 4.69) is 65.4 Å². The average molecular weight is 284 g/mol. The highest BCUT2D eigenvalue weighted by Crippen LogP contribution is 2.23. The zero-order valence-corrected chi connectivity index (χ0v) is 13.1. The molecule has 0 bridgehead atoms. The van der Waals surface area contributed by atoms with Crippen LogP contribution in [0.15, 0.2) is 36.5 Å². The van der Waals surface area contributed by atoms with Crippen LogP contribution in [0, 0.1) is 0 Å². The molecule has 2 heterocycles. The summed E-state index contributed by atoms with van der Waals surface area (Å²) in [4.78, 5) is 9.30. The van der Waals surface area contributed by atoms with Crippen LogP contribution in [-0.2, 0) is 0 Å². The van der Waals surface area contributed by atoms with Crippen molar-refractivity contribution in [1.82, 2.24) is 14.8 Å². The number of hydrogen-bond acceptors (Lipinski definition) is 4. The van der Waals surface area contributed by atoms with E-state index in [-0.39, 0.29) is 0 Å². The van der Waals surface area contributed by atoms with Crippen molar-refractivity contribution in [2.75, 3.05) is 39.0 Å². The van der Waals surface area contributed by atoms with E-state index in [4.69, 9.17) is 0 Å². The smallest absolute Gasteiger partial charge is 0.0722 e. The van der Waals surface area contributed by atoms with Gasteiger partial charge in [-0.1, -0.05) is 18.2 Å². The normalized spacial score (nSPS) is 22.3. The van der Waals surface area contributed by atoms with Gasteiger partial charge in [0, 0.05) is 49.0 Å². The fourth-order valence-electron chi connectivity index (χ4n) is 3.15. The summed E-state index contributed by atoms with van der Waals surface area (Å²) in [6.07, 6.45) is 1.88. The molecule has 1 N–H and O–H groups in total. The highest BCUT2D eigenvalue weighted by molar-refractivity contribution is 5.90. The van der Waals surface area contributed by atoms with Gasteiger partial charge in [-0.25, -0.2) is 0 Å². The number of nitrogens with zero attached hydrogens (tertiary/aromatic N) is 3. The van der Waals surface area contributed by atoms with E-state index in [0.29, 0.717) is 12.1 Å². The minimum atomic E-state index is 0.392. The van der Waals surface area contributed by atoms with Crippen LogP contribution in [0.2, 0.25) is 0 Å².